The van der Waals surface area contributed by atoms with Crippen molar-refractivity contribution in [2.45, 2.75) is 32.1 Å². The van der Waals surface area contributed by atoms with Gasteiger partial charge in [0.2, 0.25) is 5.91 Å². The SMILES string of the molecule is CC1CCN(C(=O)CC(C#N)c2c(F)cccc2Cl)CC1. The monoisotopic (exact) mass is 308 g/mol. The van der Waals surface area contributed by atoms with E-state index in [1.807, 2.05) is 6.07 Å². The lowest BCUT2D eigenvalue weighted by Crippen LogP contribution is -2.38. The Bertz CT molecular complexity index is 542. The number of likely N-dealkylation sites (tertiary alicyclic amines) is 1. The zero-order valence-electron chi connectivity index (χ0n) is 12.0. The highest BCUT2D eigenvalue weighted by molar-refractivity contribution is 6.31. The fourth-order valence-corrected chi connectivity index (χ4v) is 2.91. The molecule has 1 aromatic rings. The number of rotatable bonds is 3. The molecule has 0 radical (unpaired) electrons. The molecule has 0 saturated carbocycles. The number of carbonyl (C=O) groups excluding carboxylic acids is 1. The van der Waals surface area contributed by atoms with Crippen molar-refractivity contribution < 1.29 is 9.18 Å². The van der Waals surface area contributed by atoms with E-state index in [9.17, 15) is 14.4 Å². The lowest BCUT2D eigenvalue weighted by Gasteiger charge is -2.31. The minimum Gasteiger partial charge on any atom is -0.343 e. The number of carbonyl (C=O) groups is 1. The molecule has 0 N–H and O–H groups in total. The molecule has 2 rings (SSSR count). The quantitative estimate of drug-likeness (QED) is 0.854. The molecule has 1 aliphatic heterocycles. The van der Waals surface area contributed by atoms with Crippen molar-refractivity contribution in [3.8, 4) is 6.07 Å². The third kappa shape index (κ3) is 3.74. The summed E-state index contributed by atoms with van der Waals surface area (Å²) in [5, 5.41) is 9.47. The first-order chi connectivity index (χ1) is 10.0. The van der Waals surface area contributed by atoms with Crippen molar-refractivity contribution in [1.29, 1.82) is 5.26 Å². The van der Waals surface area contributed by atoms with E-state index in [4.69, 9.17) is 11.6 Å². The van der Waals surface area contributed by atoms with Crippen molar-refractivity contribution >= 4 is 17.5 Å². The minimum atomic E-state index is -0.842. The van der Waals surface area contributed by atoms with Crippen LogP contribution in [0.3, 0.4) is 0 Å². The highest BCUT2D eigenvalue weighted by atomic mass is 35.5. The molecule has 5 heteroatoms. The van der Waals surface area contributed by atoms with Crippen molar-refractivity contribution in [2.75, 3.05) is 13.1 Å². The molecule has 1 fully saturated rings. The summed E-state index contributed by atoms with van der Waals surface area (Å²) in [6.07, 6.45) is 1.93. The Morgan fingerprint density at radius 3 is 2.76 bits per heavy atom. The first kappa shape index (κ1) is 15.8. The second-order valence-electron chi connectivity index (χ2n) is 5.58. The number of amides is 1. The standard InChI is InChI=1S/C16H18ClFN2O/c1-11-5-7-20(8-6-11)15(21)9-12(10-19)16-13(17)3-2-4-14(16)18/h2-4,11-12H,5-9H2,1H3. The van der Waals surface area contributed by atoms with Crippen LogP contribution in [0, 0.1) is 23.1 Å². The molecule has 0 bridgehead atoms. The largest absolute Gasteiger partial charge is 0.343 e. The second kappa shape index (κ2) is 6.91. The van der Waals surface area contributed by atoms with Gasteiger partial charge in [0.15, 0.2) is 0 Å². The molecule has 1 atom stereocenters. The number of hydrogen-bond donors (Lipinski definition) is 0. The second-order valence-corrected chi connectivity index (χ2v) is 5.99. The summed E-state index contributed by atoms with van der Waals surface area (Å²) in [7, 11) is 0. The lowest BCUT2D eigenvalue weighted by atomic mass is 9.94. The third-order valence-corrected chi connectivity index (χ3v) is 4.35. The molecule has 1 heterocycles. The number of nitrogens with zero attached hydrogens (tertiary/aromatic N) is 2. The predicted octanol–water partition coefficient (Wildman–Crippen LogP) is 3.73. The average Bonchev–Trinajstić information content (AvgIpc) is 2.46. The van der Waals surface area contributed by atoms with Gasteiger partial charge in [0.25, 0.3) is 0 Å². The summed E-state index contributed by atoms with van der Waals surface area (Å²) in [4.78, 5) is 14.0. The van der Waals surface area contributed by atoms with E-state index in [0.717, 1.165) is 12.8 Å². The van der Waals surface area contributed by atoms with E-state index in [-0.39, 0.29) is 22.9 Å². The maximum atomic E-state index is 13.9. The summed E-state index contributed by atoms with van der Waals surface area (Å²) >= 11 is 5.98. The fourth-order valence-electron chi connectivity index (χ4n) is 2.62. The van der Waals surface area contributed by atoms with Gasteiger partial charge in [-0.2, -0.15) is 5.26 Å². The van der Waals surface area contributed by atoms with Gasteiger partial charge in [-0.1, -0.05) is 24.6 Å². The van der Waals surface area contributed by atoms with Gasteiger partial charge in [0.05, 0.1) is 12.0 Å². The molecular formula is C16H18ClFN2O. The molecule has 0 aliphatic carbocycles. The summed E-state index contributed by atoms with van der Waals surface area (Å²) in [6, 6.07) is 6.30. The molecule has 21 heavy (non-hydrogen) atoms. The molecule has 1 aromatic carbocycles. The molecule has 1 aliphatic rings. The van der Waals surface area contributed by atoms with Crippen LogP contribution < -0.4 is 0 Å². The van der Waals surface area contributed by atoms with E-state index >= 15 is 0 Å². The number of hydrogen-bond acceptors (Lipinski definition) is 2. The van der Waals surface area contributed by atoms with Gasteiger partial charge in [0, 0.05) is 30.1 Å². The summed E-state index contributed by atoms with van der Waals surface area (Å²) in [5.41, 5.74) is 0.125. The van der Waals surface area contributed by atoms with Crippen molar-refractivity contribution in [3.63, 3.8) is 0 Å². The predicted molar refractivity (Wildman–Crippen MR) is 79.4 cm³/mol. The highest BCUT2D eigenvalue weighted by Crippen LogP contribution is 2.30. The number of nitriles is 1. The van der Waals surface area contributed by atoms with E-state index in [0.29, 0.717) is 19.0 Å². The number of piperidine rings is 1. The van der Waals surface area contributed by atoms with Crippen molar-refractivity contribution in [1.82, 2.24) is 4.90 Å². The van der Waals surface area contributed by atoms with Crippen LogP contribution in [0.25, 0.3) is 0 Å². The normalized spacial score (nSPS) is 17.3. The molecule has 1 amide bonds. The van der Waals surface area contributed by atoms with E-state index in [2.05, 4.69) is 6.92 Å². The summed E-state index contributed by atoms with van der Waals surface area (Å²) < 4.78 is 13.9. The zero-order chi connectivity index (χ0) is 15.4. The van der Waals surface area contributed by atoms with Crippen LogP contribution in [-0.2, 0) is 4.79 Å². The average molecular weight is 309 g/mol. The number of benzene rings is 1. The molecule has 112 valence electrons. The van der Waals surface area contributed by atoms with Gasteiger partial charge < -0.3 is 4.90 Å². The van der Waals surface area contributed by atoms with Crippen LogP contribution in [0.4, 0.5) is 4.39 Å². The topological polar surface area (TPSA) is 44.1 Å². The molecule has 1 unspecified atom stereocenters. The lowest BCUT2D eigenvalue weighted by molar-refractivity contribution is -0.132. The van der Waals surface area contributed by atoms with Crippen LogP contribution in [0.15, 0.2) is 18.2 Å². The first-order valence-corrected chi connectivity index (χ1v) is 7.52. The Hall–Kier alpha value is -1.60. The fraction of sp³-hybridized carbons (Fsp3) is 0.500. The Balaban J connectivity index is 2.09. The first-order valence-electron chi connectivity index (χ1n) is 7.14. The van der Waals surface area contributed by atoms with E-state index in [1.54, 1.807) is 4.90 Å². The molecular weight excluding hydrogens is 291 g/mol. The zero-order valence-corrected chi connectivity index (χ0v) is 12.7. The molecule has 3 nitrogen and oxygen atoms in total. The maximum Gasteiger partial charge on any atom is 0.224 e. The van der Waals surface area contributed by atoms with Gasteiger partial charge >= 0.3 is 0 Å². The van der Waals surface area contributed by atoms with Gasteiger partial charge in [-0.3, -0.25) is 4.79 Å². The Kier molecular flexibility index (Phi) is 5.19. The summed E-state index contributed by atoms with van der Waals surface area (Å²) in [6.45, 7) is 3.59. The Labute approximate surface area is 129 Å². The minimum absolute atomic E-state index is 0.0223. The Morgan fingerprint density at radius 1 is 1.52 bits per heavy atom. The van der Waals surface area contributed by atoms with Crippen LogP contribution in [-0.4, -0.2) is 23.9 Å². The molecule has 0 spiro atoms. The summed E-state index contributed by atoms with van der Waals surface area (Å²) in [5.74, 6) is -0.853. The van der Waals surface area contributed by atoms with Crippen LogP contribution in [0.1, 0.15) is 37.7 Å². The van der Waals surface area contributed by atoms with Crippen LogP contribution in [0.5, 0.6) is 0 Å². The molecule has 0 aromatic heterocycles. The van der Waals surface area contributed by atoms with E-state index in [1.165, 1.54) is 18.2 Å². The van der Waals surface area contributed by atoms with Crippen LogP contribution >= 0.6 is 11.6 Å². The highest BCUT2D eigenvalue weighted by Gasteiger charge is 2.26. The van der Waals surface area contributed by atoms with Crippen molar-refractivity contribution in [3.05, 3.63) is 34.6 Å². The van der Waals surface area contributed by atoms with Gasteiger partial charge in [0.1, 0.15) is 5.82 Å². The van der Waals surface area contributed by atoms with Crippen molar-refractivity contribution in [2.24, 2.45) is 5.92 Å². The van der Waals surface area contributed by atoms with E-state index < -0.39 is 11.7 Å². The number of halogens is 2. The smallest absolute Gasteiger partial charge is 0.224 e. The third-order valence-electron chi connectivity index (χ3n) is 4.02. The van der Waals surface area contributed by atoms with Crippen LogP contribution in [0.2, 0.25) is 5.02 Å². The van der Waals surface area contributed by atoms with Gasteiger partial charge in [-0.25, -0.2) is 4.39 Å². The molecule has 1 saturated heterocycles. The van der Waals surface area contributed by atoms with Gasteiger partial charge in [-0.15, -0.1) is 0 Å². The Morgan fingerprint density at radius 2 is 2.19 bits per heavy atom. The van der Waals surface area contributed by atoms with Gasteiger partial charge in [-0.05, 0) is 30.9 Å². The maximum absolute atomic E-state index is 13.9.